The second-order valence-electron chi connectivity index (χ2n) is 10.6. The SMILES string of the molecule is COc1cc(C[NH2+]C2C3CC4CC(C3)CC2C4)ccc1OCC(=O)N1CCc2ccccc21. The van der Waals surface area contributed by atoms with Crippen LogP contribution in [0.4, 0.5) is 5.69 Å². The molecule has 7 rings (SSSR count). The van der Waals surface area contributed by atoms with Crippen LogP contribution in [0.3, 0.4) is 0 Å². The van der Waals surface area contributed by atoms with Gasteiger partial charge in [-0.15, -0.1) is 0 Å². The molecule has 0 aromatic heterocycles. The molecule has 5 heteroatoms. The van der Waals surface area contributed by atoms with Crippen LogP contribution in [0.5, 0.6) is 11.5 Å². The van der Waals surface area contributed by atoms with Gasteiger partial charge in [-0.1, -0.05) is 18.2 Å². The van der Waals surface area contributed by atoms with Gasteiger partial charge in [0.2, 0.25) is 0 Å². The molecule has 0 spiro atoms. The number of hydrogen-bond acceptors (Lipinski definition) is 3. The fourth-order valence-corrected chi connectivity index (χ4v) is 7.40. The zero-order valence-electron chi connectivity index (χ0n) is 19.5. The number of amides is 1. The van der Waals surface area contributed by atoms with Crippen molar-refractivity contribution in [2.45, 2.75) is 51.1 Å². The van der Waals surface area contributed by atoms with Crippen LogP contribution in [0.25, 0.3) is 0 Å². The van der Waals surface area contributed by atoms with Gasteiger partial charge in [-0.2, -0.15) is 0 Å². The third-order valence-corrected chi connectivity index (χ3v) is 8.69. The number of para-hydroxylation sites is 1. The van der Waals surface area contributed by atoms with Crippen molar-refractivity contribution in [1.82, 2.24) is 0 Å². The molecule has 4 aliphatic carbocycles. The minimum absolute atomic E-state index is 0.0127. The van der Waals surface area contributed by atoms with Crippen molar-refractivity contribution >= 4 is 11.6 Å². The summed E-state index contributed by atoms with van der Waals surface area (Å²) in [7, 11) is 1.67. The zero-order valence-corrected chi connectivity index (χ0v) is 19.5. The molecular formula is C28H35N2O3+. The Morgan fingerprint density at radius 2 is 1.76 bits per heavy atom. The van der Waals surface area contributed by atoms with E-state index in [1.807, 2.05) is 29.2 Å². The van der Waals surface area contributed by atoms with E-state index in [1.54, 1.807) is 7.11 Å². The summed E-state index contributed by atoms with van der Waals surface area (Å²) in [6.07, 6.45) is 8.24. The predicted octanol–water partition coefficient (Wildman–Crippen LogP) is 3.55. The predicted molar refractivity (Wildman–Crippen MR) is 127 cm³/mol. The number of hydrogen-bond donors (Lipinski definition) is 1. The lowest BCUT2D eigenvalue weighted by Crippen LogP contribution is -2.93. The molecule has 4 bridgehead atoms. The Hall–Kier alpha value is -2.53. The van der Waals surface area contributed by atoms with Crippen molar-refractivity contribution in [2.24, 2.45) is 23.7 Å². The molecule has 1 heterocycles. The van der Waals surface area contributed by atoms with Gasteiger partial charge >= 0.3 is 0 Å². The van der Waals surface area contributed by atoms with Gasteiger partial charge in [0.1, 0.15) is 6.54 Å². The summed E-state index contributed by atoms with van der Waals surface area (Å²) in [4.78, 5) is 14.6. The molecule has 4 fully saturated rings. The van der Waals surface area contributed by atoms with Gasteiger partial charge in [0.05, 0.1) is 13.2 Å². The highest BCUT2D eigenvalue weighted by Crippen LogP contribution is 2.52. The molecule has 0 atom stereocenters. The summed E-state index contributed by atoms with van der Waals surface area (Å²) < 4.78 is 11.5. The highest BCUT2D eigenvalue weighted by Gasteiger charge is 2.50. The lowest BCUT2D eigenvalue weighted by molar-refractivity contribution is -0.723. The van der Waals surface area contributed by atoms with Crippen LogP contribution in [-0.4, -0.2) is 32.2 Å². The second kappa shape index (κ2) is 8.68. The standard InChI is InChI=1S/C28H34N2O3/c1-32-26-15-18(16-29-28-22-11-19-10-20(13-22)14-23(28)12-19)6-7-25(26)33-17-27(31)30-9-8-21-4-2-3-5-24(21)30/h2-7,15,19-20,22-23,28-29H,8-14,16-17H2,1H3/p+1. The number of carbonyl (C=O) groups is 1. The Bertz CT molecular complexity index is 1010. The Morgan fingerprint density at radius 3 is 2.52 bits per heavy atom. The van der Waals surface area contributed by atoms with Crippen LogP contribution in [0, 0.1) is 23.7 Å². The minimum Gasteiger partial charge on any atom is -0.493 e. The molecule has 0 unspecified atom stereocenters. The topological polar surface area (TPSA) is 55.4 Å². The van der Waals surface area contributed by atoms with Crippen LogP contribution in [0.2, 0.25) is 0 Å². The number of quaternary nitrogens is 1. The number of benzene rings is 2. The van der Waals surface area contributed by atoms with Crippen LogP contribution < -0.4 is 19.7 Å². The number of nitrogens with zero attached hydrogens (tertiary/aromatic N) is 1. The molecule has 2 N–H and O–H groups in total. The van der Waals surface area contributed by atoms with Crippen LogP contribution in [0.15, 0.2) is 42.5 Å². The lowest BCUT2D eigenvalue weighted by Gasteiger charge is -2.52. The van der Waals surface area contributed by atoms with Gasteiger partial charge in [0.15, 0.2) is 18.1 Å². The molecule has 0 saturated heterocycles. The van der Waals surface area contributed by atoms with E-state index < -0.39 is 0 Å². The number of rotatable bonds is 7. The van der Waals surface area contributed by atoms with Crippen molar-refractivity contribution < 1.29 is 19.6 Å². The van der Waals surface area contributed by atoms with Gasteiger partial charge in [-0.05, 0) is 80.2 Å². The van der Waals surface area contributed by atoms with E-state index in [1.165, 1.54) is 43.2 Å². The third kappa shape index (κ3) is 4.01. The Labute approximate surface area is 196 Å². The molecule has 1 amide bonds. The maximum Gasteiger partial charge on any atom is 0.264 e. The molecular weight excluding hydrogens is 412 g/mol. The van der Waals surface area contributed by atoms with Gasteiger partial charge in [0, 0.05) is 29.6 Å². The van der Waals surface area contributed by atoms with E-state index in [0.29, 0.717) is 11.5 Å². The number of ether oxygens (including phenoxy) is 2. The van der Waals surface area contributed by atoms with Crippen LogP contribution in [0.1, 0.15) is 43.2 Å². The summed E-state index contributed by atoms with van der Waals surface area (Å²) in [5.74, 6) is 5.22. The largest absolute Gasteiger partial charge is 0.493 e. The molecule has 4 saturated carbocycles. The van der Waals surface area contributed by atoms with Crippen molar-refractivity contribution in [3.05, 3.63) is 53.6 Å². The van der Waals surface area contributed by atoms with E-state index in [0.717, 1.165) is 54.9 Å². The average molecular weight is 448 g/mol. The Kier molecular flexibility index (Phi) is 5.53. The quantitative estimate of drug-likeness (QED) is 0.706. The first kappa shape index (κ1) is 21.0. The molecule has 174 valence electrons. The molecule has 2 aromatic rings. The minimum atomic E-state index is -0.0127. The van der Waals surface area contributed by atoms with Gasteiger partial charge in [0.25, 0.3) is 5.91 Å². The van der Waals surface area contributed by atoms with E-state index in [9.17, 15) is 4.79 Å². The Morgan fingerprint density at radius 1 is 1.00 bits per heavy atom. The van der Waals surface area contributed by atoms with Crippen molar-refractivity contribution in [1.29, 1.82) is 0 Å². The normalized spacial score (nSPS) is 29.2. The first-order valence-electron chi connectivity index (χ1n) is 12.7. The average Bonchev–Trinajstić information content (AvgIpc) is 3.26. The van der Waals surface area contributed by atoms with E-state index >= 15 is 0 Å². The lowest BCUT2D eigenvalue weighted by atomic mass is 9.54. The third-order valence-electron chi connectivity index (χ3n) is 8.69. The highest BCUT2D eigenvalue weighted by atomic mass is 16.5. The molecule has 2 aromatic carbocycles. The number of fused-ring (bicyclic) bond motifs is 1. The smallest absolute Gasteiger partial charge is 0.264 e. The summed E-state index contributed by atoms with van der Waals surface area (Å²) in [6.45, 7) is 1.72. The zero-order chi connectivity index (χ0) is 22.4. The molecule has 33 heavy (non-hydrogen) atoms. The van der Waals surface area contributed by atoms with E-state index in [-0.39, 0.29) is 12.5 Å². The van der Waals surface area contributed by atoms with E-state index in [4.69, 9.17) is 9.47 Å². The summed E-state index contributed by atoms with van der Waals surface area (Å²) in [5, 5.41) is 2.59. The van der Waals surface area contributed by atoms with Crippen LogP contribution >= 0.6 is 0 Å². The summed E-state index contributed by atoms with van der Waals surface area (Å²) >= 11 is 0. The van der Waals surface area contributed by atoms with E-state index in [2.05, 4.69) is 23.5 Å². The molecule has 5 aliphatic rings. The summed E-state index contributed by atoms with van der Waals surface area (Å²) in [5.41, 5.74) is 3.49. The molecule has 0 radical (unpaired) electrons. The molecule has 5 nitrogen and oxygen atoms in total. The molecule has 1 aliphatic heterocycles. The highest BCUT2D eigenvalue weighted by molar-refractivity contribution is 5.96. The van der Waals surface area contributed by atoms with Gasteiger partial charge in [-0.3, -0.25) is 4.79 Å². The maximum absolute atomic E-state index is 12.8. The second-order valence-corrected chi connectivity index (χ2v) is 10.6. The van der Waals surface area contributed by atoms with Gasteiger partial charge in [-0.25, -0.2) is 0 Å². The number of methoxy groups -OCH3 is 1. The number of anilines is 1. The fraction of sp³-hybridized carbons (Fsp3) is 0.536. The number of carbonyl (C=O) groups excluding carboxylic acids is 1. The fourth-order valence-electron chi connectivity index (χ4n) is 7.40. The maximum atomic E-state index is 12.8. The van der Waals surface area contributed by atoms with Crippen LogP contribution in [-0.2, 0) is 17.8 Å². The van der Waals surface area contributed by atoms with Crippen molar-refractivity contribution in [3.63, 3.8) is 0 Å². The van der Waals surface area contributed by atoms with Gasteiger partial charge < -0.3 is 19.7 Å². The first-order valence-corrected chi connectivity index (χ1v) is 12.7. The van der Waals surface area contributed by atoms with Crippen molar-refractivity contribution in [3.8, 4) is 11.5 Å². The summed E-state index contributed by atoms with van der Waals surface area (Å²) in [6, 6.07) is 15.1. The van der Waals surface area contributed by atoms with Crippen molar-refractivity contribution in [2.75, 3.05) is 25.2 Å². The number of nitrogens with two attached hydrogens (primary N) is 1. The monoisotopic (exact) mass is 447 g/mol. The first-order chi connectivity index (χ1) is 16.2. The Balaban J connectivity index is 1.07.